The fourth-order valence-electron chi connectivity index (χ4n) is 2.49. The highest BCUT2D eigenvalue weighted by Gasteiger charge is 2.19. The molecule has 96 valence electrons. The van der Waals surface area contributed by atoms with Crippen molar-refractivity contribution >= 4 is 12.4 Å². The lowest BCUT2D eigenvalue weighted by atomic mass is 10.0. The van der Waals surface area contributed by atoms with E-state index in [0.717, 1.165) is 13.1 Å². The van der Waals surface area contributed by atoms with Gasteiger partial charge in [0.2, 0.25) is 0 Å². The Balaban J connectivity index is 0.00000144. The van der Waals surface area contributed by atoms with Crippen LogP contribution in [0.15, 0.2) is 18.2 Å². The highest BCUT2D eigenvalue weighted by Crippen LogP contribution is 2.17. The predicted molar refractivity (Wildman–Crippen MR) is 75.9 cm³/mol. The van der Waals surface area contributed by atoms with Crippen LogP contribution in [0.1, 0.15) is 23.1 Å². The van der Waals surface area contributed by atoms with Crippen LogP contribution in [0.2, 0.25) is 0 Å². The van der Waals surface area contributed by atoms with E-state index in [2.05, 4.69) is 49.3 Å². The lowest BCUT2D eigenvalue weighted by molar-refractivity contribution is 0.248. The molecule has 3 heteroatoms. The van der Waals surface area contributed by atoms with E-state index >= 15 is 0 Å². The molecule has 2 nitrogen and oxygen atoms in total. The second-order valence-corrected chi connectivity index (χ2v) is 4.93. The van der Waals surface area contributed by atoms with Crippen LogP contribution in [-0.4, -0.2) is 31.1 Å². The molecule has 0 aromatic heterocycles. The Hall–Kier alpha value is -0.570. The molecule has 1 N–H and O–H groups in total. The van der Waals surface area contributed by atoms with Gasteiger partial charge in [-0.15, -0.1) is 12.4 Å². The van der Waals surface area contributed by atoms with Crippen molar-refractivity contribution in [2.75, 3.05) is 20.1 Å². The van der Waals surface area contributed by atoms with Crippen LogP contribution >= 0.6 is 12.4 Å². The van der Waals surface area contributed by atoms with E-state index in [1.807, 2.05) is 0 Å². The average molecular weight is 255 g/mol. The first-order valence-corrected chi connectivity index (χ1v) is 6.14. The van der Waals surface area contributed by atoms with E-state index in [9.17, 15) is 0 Å². The molecule has 2 rings (SSSR count). The van der Waals surface area contributed by atoms with Crippen molar-refractivity contribution in [1.82, 2.24) is 10.2 Å². The number of likely N-dealkylation sites (N-methyl/N-ethyl adjacent to an activating group) is 1. The van der Waals surface area contributed by atoms with Gasteiger partial charge in [-0.3, -0.25) is 4.90 Å². The third kappa shape index (κ3) is 3.44. The van der Waals surface area contributed by atoms with Gasteiger partial charge in [-0.1, -0.05) is 18.2 Å². The third-order valence-electron chi connectivity index (χ3n) is 3.71. The van der Waals surface area contributed by atoms with E-state index in [1.54, 1.807) is 0 Å². The predicted octanol–water partition coefficient (Wildman–Crippen LogP) is 2.52. The van der Waals surface area contributed by atoms with Crippen LogP contribution in [0, 0.1) is 13.8 Å². The van der Waals surface area contributed by atoms with Gasteiger partial charge in [0.1, 0.15) is 0 Å². The van der Waals surface area contributed by atoms with Crippen molar-refractivity contribution in [3.8, 4) is 0 Å². The van der Waals surface area contributed by atoms with Gasteiger partial charge in [-0.2, -0.15) is 0 Å². The van der Waals surface area contributed by atoms with Gasteiger partial charge < -0.3 is 5.32 Å². The van der Waals surface area contributed by atoms with E-state index in [0.29, 0.717) is 6.04 Å². The molecule has 1 aliphatic rings. The number of nitrogens with zero attached hydrogens (tertiary/aromatic N) is 1. The number of hydrogen-bond donors (Lipinski definition) is 1. The van der Waals surface area contributed by atoms with Crippen molar-refractivity contribution < 1.29 is 0 Å². The fraction of sp³-hybridized carbons (Fsp3) is 0.571. The van der Waals surface area contributed by atoms with E-state index in [-0.39, 0.29) is 12.4 Å². The third-order valence-corrected chi connectivity index (χ3v) is 3.71. The van der Waals surface area contributed by atoms with E-state index in [1.165, 1.54) is 29.7 Å². The highest BCUT2D eigenvalue weighted by atomic mass is 35.5. The molecule has 0 radical (unpaired) electrons. The number of aryl methyl sites for hydroxylation is 2. The highest BCUT2D eigenvalue weighted by molar-refractivity contribution is 5.85. The van der Waals surface area contributed by atoms with Crippen LogP contribution in [-0.2, 0) is 6.54 Å². The summed E-state index contributed by atoms with van der Waals surface area (Å²) in [5, 5.41) is 3.43. The van der Waals surface area contributed by atoms with Crippen molar-refractivity contribution in [2.24, 2.45) is 0 Å². The van der Waals surface area contributed by atoms with E-state index in [4.69, 9.17) is 0 Å². The summed E-state index contributed by atoms with van der Waals surface area (Å²) in [6.07, 6.45) is 1.28. The Morgan fingerprint density at radius 3 is 2.47 bits per heavy atom. The molecule has 0 saturated carbocycles. The molecule has 1 saturated heterocycles. The minimum absolute atomic E-state index is 0. The number of benzene rings is 1. The van der Waals surface area contributed by atoms with Gasteiger partial charge in [0.15, 0.2) is 0 Å². The summed E-state index contributed by atoms with van der Waals surface area (Å²) in [6, 6.07) is 7.27. The molecule has 1 aromatic rings. The quantitative estimate of drug-likeness (QED) is 0.892. The monoisotopic (exact) mass is 254 g/mol. The SMILES string of the molecule is Cc1cccc(C)c1CN(C)C1CCNC1.Cl. The van der Waals surface area contributed by atoms with E-state index < -0.39 is 0 Å². The molecule has 0 aliphatic carbocycles. The number of halogens is 1. The van der Waals surface area contributed by atoms with Gasteiger partial charge in [0.25, 0.3) is 0 Å². The largest absolute Gasteiger partial charge is 0.315 e. The Bertz CT molecular complexity index is 339. The van der Waals surface area contributed by atoms with Crippen molar-refractivity contribution in [1.29, 1.82) is 0 Å². The normalized spacial score (nSPS) is 19.4. The minimum atomic E-state index is 0. The van der Waals surface area contributed by atoms with Crippen molar-refractivity contribution in [3.05, 3.63) is 34.9 Å². The first kappa shape index (κ1) is 14.5. The van der Waals surface area contributed by atoms with Crippen molar-refractivity contribution in [2.45, 2.75) is 32.9 Å². The Kier molecular flexibility index (Phi) is 5.44. The summed E-state index contributed by atoms with van der Waals surface area (Å²) in [4.78, 5) is 2.48. The molecule has 1 atom stereocenters. The zero-order chi connectivity index (χ0) is 11.5. The molecule has 17 heavy (non-hydrogen) atoms. The molecule has 1 heterocycles. The van der Waals surface area contributed by atoms with Gasteiger partial charge in [-0.25, -0.2) is 0 Å². The van der Waals surface area contributed by atoms with Gasteiger partial charge in [-0.05, 0) is 50.6 Å². The summed E-state index contributed by atoms with van der Waals surface area (Å²) >= 11 is 0. The standard InChI is InChI=1S/C14H22N2.ClH/c1-11-5-4-6-12(2)14(11)10-16(3)13-7-8-15-9-13;/h4-6,13,15H,7-10H2,1-3H3;1H. The first-order valence-electron chi connectivity index (χ1n) is 6.14. The van der Waals surface area contributed by atoms with Crippen LogP contribution < -0.4 is 5.32 Å². The average Bonchev–Trinajstić information content (AvgIpc) is 2.76. The molecular weight excluding hydrogens is 232 g/mol. The van der Waals surface area contributed by atoms with Crippen molar-refractivity contribution in [3.63, 3.8) is 0 Å². The maximum Gasteiger partial charge on any atom is 0.0239 e. The lowest BCUT2D eigenvalue weighted by Gasteiger charge is -2.25. The number of rotatable bonds is 3. The summed E-state index contributed by atoms with van der Waals surface area (Å²) < 4.78 is 0. The molecule has 1 aliphatic heterocycles. The fourth-order valence-corrected chi connectivity index (χ4v) is 2.49. The smallest absolute Gasteiger partial charge is 0.0239 e. The zero-order valence-electron chi connectivity index (χ0n) is 11.0. The van der Waals surface area contributed by atoms with Gasteiger partial charge >= 0.3 is 0 Å². The summed E-state index contributed by atoms with van der Waals surface area (Å²) in [7, 11) is 2.24. The van der Waals surface area contributed by atoms with Crippen LogP contribution in [0.25, 0.3) is 0 Å². The molecule has 0 amide bonds. The number of nitrogens with one attached hydrogen (secondary N) is 1. The molecule has 0 spiro atoms. The number of hydrogen-bond acceptors (Lipinski definition) is 2. The Labute approximate surface area is 111 Å². The second kappa shape index (κ2) is 6.39. The first-order chi connectivity index (χ1) is 7.68. The summed E-state index contributed by atoms with van der Waals surface area (Å²) in [6.45, 7) is 7.81. The van der Waals surface area contributed by atoms with Crippen LogP contribution in [0.3, 0.4) is 0 Å². The summed E-state index contributed by atoms with van der Waals surface area (Å²) in [5.41, 5.74) is 4.33. The minimum Gasteiger partial charge on any atom is -0.315 e. The zero-order valence-corrected chi connectivity index (χ0v) is 11.8. The summed E-state index contributed by atoms with van der Waals surface area (Å²) in [5.74, 6) is 0. The molecule has 1 unspecified atom stereocenters. The lowest BCUT2D eigenvalue weighted by Crippen LogP contribution is -2.33. The molecular formula is C14H23ClN2. The topological polar surface area (TPSA) is 15.3 Å². The molecule has 1 fully saturated rings. The maximum absolute atomic E-state index is 3.43. The Morgan fingerprint density at radius 1 is 1.29 bits per heavy atom. The molecule has 1 aromatic carbocycles. The second-order valence-electron chi connectivity index (χ2n) is 4.93. The maximum atomic E-state index is 3.43. The van der Waals surface area contributed by atoms with Gasteiger partial charge in [0, 0.05) is 19.1 Å². The van der Waals surface area contributed by atoms with Crippen LogP contribution in [0.5, 0.6) is 0 Å². The Morgan fingerprint density at radius 2 is 1.94 bits per heavy atom. The van der Waals surface area contributed by atoms with Gasteiger partial charge in [0.05, 0.1) is 0 Å². The van der Waals surface area contributed by atoms with Crippen LogP contribution in [0.4, 0.5) is 0 Å². The molecule has 0 bridgehead atoms.